The Morgan fingerprint density at radius 3 is 2.47 bits per heavy atom. The lowest BCUT2D eigenvalue weighted by molar-refractivity contribution is 0.312. The molecule has 0 aromatic carbocycles. The number of likely N-dealkylation sites (N-methyl/N-ethyl adjacent to an activating group) is 1. The molecule has 0 bridgehead atoms. The molecule has 0 amide bonds. The van der Waals surface area contributed by atoms with E-state index in [1.165, 1.54) is 5.56 Å². The summed E-state index contributed by atoms with van der Waals surface area (Å²) in [4.78, 5) is 14.0. The first kappa shape index (κ1) is 12.4. The van der Waals surface area contributed by atoms with Gasteiger partial charge in [-0.05, 0) is 44.7 Å². The Morgan fingerprint density at radius 2 is 1.74 bits per heavy atom. The van der Waals surface area contributed by atoms with Gasteiger partial charge in [-0.25, -0.2) is 9.97 Å². The summed E-state index contributed by atoms with van der Waals surface area (Å²) in [6, 6.07) is 6.38. The van der Waals surface area contributed by atoms with Crippen molar-refractivity contribution in [2.45, 2.75) is 13.8 Å². The zero-order chi connectivity index (χ0) is 13.4. The van der Waals surface area contributed by atoms with Gasteiger partial charge < -0.3 is 9.80 Å². The van der Waals surface area contributed by atoms with Crippen molar-refractivity contribution in [2.24, 2.45) is 0 Å². The summed E-state index contributed by atoms with van der Waals surface area (Å²) >= 11 is 0. The highest BCUT2D eigenvalue weighted by atomic mass is 15.3. The summed E-state index contributed by atoms with van der Waals surface area (Å²) < 4.78 is 0. The van der Waals surface area contributed by atoms with Gasteiger partial charge in [0, 0.05) is 37.3 Å². The first-order chi connectivity index (χ1) is 9.13. The van der Waals surface area contributed by atoms with E-state index in [1.54, 1.807) is 0 Å². The van der Waals surface area contributed by atoms with E-state index in [2.05, 4.69) is 47.0 Å². The Balaban J connectivity index is 1.97. The molecule has 3 heterocycles. The Kier molecular flexibility index (Phi) is 3.11. The minimum atomic E-state index is 0.869. The van der Waals surface area contributed by atoms with Crippen LogP contribution in [0.5, 0.6) is 0 Å². The van der Waals surface area contributed by atoms with Gasteiger partial charge in [0.25, 0.3) is 0 Å². The third kappa shape index (κ3) is 2.40. The molecule has 1 aliphatic heterocycles. The Labute approximate surface area is 114 Å². The molecule has 1 aliphatic rings. The molecule has 4 heteroatoms. The molecule has 0 saturated carbocycles. The molecule has 1 saturated heterocycles. The number of rotatable bonds is 1. The summed E-state index contributed by atoms with van der Waals surface area (Å²) in [7, 11) is 2.17. The SMILES string of the molecule is Cc1cc(C)c2ccc(N3CCN(C)CC3)nc2n1. The molecule has 19 heavy (non-hydrogen) atoms. The van der Waals surface area contributed by atoms with Crippen molar-refractivity contribution in [3.63, 3.8) is 0 Å². The van der Waals surface area contributed by atoms with Crippen LogP contribution in [0, 0.1) is 13.8 Å². The number of anilines is 1. The van der Waals surface area contributed by atoms with Gasteiger partial charge in [0.1, 0.15) is 5.82 Å². The summed E-state index contributed by atoms with van der Waals surface area (Å²) in [5.41, 5.74) is 3.15. The number of fused-ring (bicyclic) bond motifs is 1. The Morgan fingerprint density at radius 1 is 1.00 bits per heavy atom. The number of hydrogen-bond donors (Lipinski definition) is 0. The number of aryl methyl sites for hydroxylation is 2. The molecule has 2 aromatic rings. The summed E-state index contributed by atoms with van der Waals surface area (Å²) in [6.07, 6.45) is 0. The molecule has 4 nitrogen and oxygen atoms in total. The maximum absolute atomic E-state index is 4.74. The Bertz CT molecular complexity index is 600. The van der Waals surface area contributed by atoms with E-state index in [1.807, 2.05) is 6.92 Å². The highest BCUT2D eigenvalue weighted by Gasteiger charge is 2.15. The third-order valence-electron chi connectivity index (χ3n) is 3.82. The van der Waals surface area contributed by atoms with Crippen LogP contribution in [0.2, 0.25) is 0 Å². The minimum Gasteiger partial charge on any atom is -0.354 e. The summed E-state index contributed by atoms with van der Waals surface area (Å²) in [5.74, 6) is 1.05. The fraction of sp³-hybridized carbons (Fsp3) is 0.467. The van der Waals surface area contributed by atoms with E-state index in [4.69, 9.17) is 4.98 Å². The predicted molar refractivity (Wildman–Crippen MR) is 78.7 cm³/mol. The normalized spacial score (nSPS) is 17.1. The van der Waals surface area contributed by atoms with E-state index >= 15 is 0 Å². The van der Waals surface area contributed by atoms with Gasteiger partial charge in [-0.3, -0.25) is 0 Å². The van der Waals surface area contributed by atoms with E-state index in [0.717, 1.165) is 48.7 Å². The fourth-order valence-corrected chi connectivity index (χ4v) is 2.63. The molecule has 0 spiro atoms. The van der Waals surface area contributed by atoms with Crippen LogP contribution in [0.3, 0.4) is 0 Å². The summed E-state index contributed by atoms with van der Waals surface area (Å²) in [5, 5.41) is 1.16. The molecule has 1 fully saturated rings. The highest BCUT2D eigenvalue weighted by Crippen LogP contribution is 2.21. The van der Waals surface area contributed by atoms with Crippen molar-refractivity contribution in [1.82, 2.24) is 14.9 Å². The van der Waals surface area contributed by atoms with E-state index in [-0.39, 0.29) is 0 Å². The topological polar surface area (TPSA) is 32.3 Å². The molecule has 2 aromatic heterocycles. The van der Waals surface area contributed by atoms with Gasteiger partial charge in [0.05, 0.1) is 0 Å². The minimum absolute atomic E-state index is 0.869. The smallest absolute Gasteiger partial charge is 0.162 e. The average Bonchev–Trinajstić information content (AvgIpc) is 2.38. The van der Waals surface area contributed by atoms with Crippen molar-refractivity contribution in [3.8, 4) is 0 Å². The Hall–Kier alpha value is -1.68. The van der Waals surface area contributed by atoms with Crippen molar-refractivity contribution < 1.29 is 0 Å². The lowest BCUT2D eigenvalue weighted by atomic mass is 10.1. The second-order valence-corrected chi connectivity index (χ2v) is 5.41. The van der Waals surface area contributed by atoms with E-state index < -0.39 is 0 Å². The number of hydrogen-bond acceptors (Lipinski definition) is 4. The van der Waals surface area contributed by atoms with Crippen LogP contribution >= 0.6 is 0 Å². The van der Waals surface area contributed by atoms with E-state index in [0.29, 0.717) is 0 Å². The molecule has 0 atom stereocenters. The molecule has 0 N–H and O–H groups in total. The molecular weight excluding hydrogens is 236 g/mol. The number of aromatic nitrogens is 2. The molecule has 0 radical (unpaired) electrons. The van der Waals surface area contributed by atoms with Crippen LogP contribution in [0.25, 0.3) is 11.0 Å². The first-order valence-corrected chi connectivity index (χ1v) is 6.82. The molecule has 0 aliphatic carbocycles. The van der Waals surface area contributed by atoms with Crippen LogP contribution in [-0.4, -0.2) is 48.1 Å². The van der Waals surface area contributed by atoms with E-state index in [9.17, 15) is 0 Å². The van der Waals surface area contributed by atoms with Gasteiger partial charge in [-0.2, -0.15) is 0 Å². The standard InChI is InChI=1S/C15H20N4/c1-11-10-12(2)16-15-13(11)4-5-14(17-15)19-8-6-18(3)7-9-19/h4-5,10H,6-9H2,1-3H3. The lowest BCUT2D eigenvalue weighted by Gasteiger charge is -2.33. The monoisotopic (exact) mass is 256 g/mol. The van der Waals surface area contributed by atoms with Crippen LogP contribution in [0.1, 0.15) is 11.3 Å². The van der Waals surface area contributed by atoms with Gasteiger partial charge in [0.15, 0.2) is 5.65 Å². The second-order valence-electron chi connectivity index (χ2n) is 5.41. The van der Waals surface area contributed by atoms with Crippen molar-refractivity contribution in [1.29, 1.82) is 0 Å². The average molecular weight is 256 g/mol. The lowest BCUT2D eigenvalue weighted by Crippen LogP contribution is -2.44. The van der Waals surface area contributed by atoms with Gasteiger partial charge in [0.2, 0.25) is 0 Å². The van der Waals surface area contributed by atoms with Gasteiger partial charge in [-0.1, -0.05) is 0 Å². The largest absolute Gasteiger partial charge is 0.354 e. The van der Waals surface area contributed by atoms with Crippen LogP contribution in [-0.2, 0) is 0 Å². The molecule has 100 valence electrons. The third-order valence-corrected chi connectivity index (χ3v) is 3.82. The predicted octanol–water partition coefficient (Wildman–Crippen LogP) is 2.00. The number of piperazine rings is 1. The van der Waals surface area contributed by atoms with Crippen molar-refractivity contribution in [2.75, 3.05) is 38.1 Å². The van der Waals surface area contributed by atoms with Crippen LogP contribution in [0.4, 0.5) is 5.82 Å². The summed E-state index contributed by atoms with van der Waals surface area (Å²) in [6.45, 7) is 8.42. The zero-order valence-electron chi connectivity index (χ0n) is 11.8. The number of pyridine rings is 2. The number of nitrogens with zero attached hydrogens (tertiary/aromatic N) is 4. The highest BCUT2D eigenvalue weighted by molar-refractivity contribution is 5.80. The maximum Gasteiger partial charge on any atom is 0.162 e. The second kappa shape index (κ2) is 4.78. The van der Waals surface area contributed by atoms with Gasteiger partial charge in [-0.15, -0.1) is 0 Å². The van der Waals surface area contributed by atoms with Crippen LogP contribution in [0.15, 0.2) is 18.2 Å². The zero-order valence-corrected chi connectivity index (χ0v) is 11.8. The quantitative estimate of drug-likeness (QED) is 0.781. The molecular formula is C15H20N4. The van der Waals surface area contributed by atoms with Crippen molar-refractivity contribution >= 4 is 16.9 Å². The molecule has 0 unspecified atom stereocenters. The molecule has 3 rings (SSSR count). The first-order valence-electron chi connectivity index (χ1n) is 6.82. The maximum atomic E-state index is 4.74. The van der Waals surface area contributed by atoms with Crippen LogP contribution < -0.4 is 4.90 Å². The van der Waals surface area contributed by atoms with Gasteiger partial charge >= 0.3 is 0 Å². The van der Waals surface area contributed by atoms with Crippen molar-refractivity contribution in [3.05, 3.63) is 29.5 Å². The fourth-order valence-electron chi connectivity index (χ4n) is 2.63.